The van der Waals surface area contributed by atoms with Gasteiger partial charge in [-0.15, -0.1) is 0 Å². The maximum atomic E-state index is 9.00. The number of aliphatic carboxylic acids is 1. The predicted molar refractivity (Wildman–Crippen MR) is 20.9 cm³/mol. The normalized spacial score (nSPS) is 7.00. The zero-order valence-corrected chi connectivity index (χ0v) is 8.33. The fourth-order valence-electron chi connectivity index (χ4n) is 0. The summed E-state index contributed by atoms with van der Waals surface area (Å²) in [6.45, 7) is 1.08. The zero-order chi connectivity index (χ0) is 8.08. The van der Waals surface area contributed by atoms with Crippen molar-refractivity contribution in [1.82, 2.24) is 0 Å². The Bertz CT molecular complexity index is 120. The number of carbonyl (C=O) groups is 1. The molecule has 0 rings (SSSR count). The van der Waals surface area contributed by atoms with Crippen LogP contribution in [0.4, 0.5) is 0 Å². The molecule has 0 aromatic carbocycles. The molecule has 0 fully saturated rings. The summed E-state index contributed by atoms with van der Waals surface area (Å²) in [5, 5.41) is 7.42. The van der Waals surface area contributed by atoms with Crippen LogP contribution in [0.15, 0.2) is 0 Å². The van der Waals surface area contributed by atoms with Gasteiger partial charge in [-0.2, -0.15) is 7.82 Å². The van der Waals surface area contributed by atoms with Gasteiger partial charge in [-0.3, -0.25) is 4.79 Å². The molecule has 0 bridgehead atoms. The van der Waals surface area contributed by atoms with Crippen molar-refractivity contribution in [1.29, 1.82) is 0 Å². The van der Waals surface area contributed by atoms with Crippen molar-refractivity contribution in [3.63, 3.8) is 0 Å². The summed E-state index contributed by atoms with van der Waals surface area (Å²) in [7, 11) is -5.39. The Balaban J connectivity index is -0.0000000221. The van der Waals surface area contributed by atoms with Crippen molar-refractivity contribution < 1.29 is 85.7 Å². The van der Waals surface area contributed by atoms with Crippen LogP contribution < -0.4 is 71.3 Å². The quantitative estimate of drug-likeness (QED) is 0.288. The molecular weight excluding hydrogens is 172 g/mol. The van der Waals surface area contributed by atoms with Crippen LogP contribution in [0.3, 0.4) is 0 Å². The molecule has 0 spiro atoms. The smallest absolute Gasteiger partial charge is 0.822 e. The van der Waals surface area contributed by atoms with Crippen molar-refractivity contribution in [3.05, 3.63) is 0 Å². The van der Waals surface area contributed by atoms with Crippen LogP contribution in [0.25, 0.3) is 0 Å². The van der Waals surface area contributed by atoms with Crippen LogP contribution >= 0.6 is 7.82 Å². The number of phosphoric acid groups is 1. The summed E-state index contributed by atoms with van der Waals surface area (Å²) in [4.78, 5) is 34.6. The van der Waals surface area contributed by atoms with Gasteiger partial charge in [0.15, 0.2) is 0 Å². The van der Waals surface area contributed by atoms with Gasteiger partial charge in [0.1, 0.15) is 0 Å². The van der Waals surface area contributed by atoms with E-state index in [-0.39, 0.29) is 56.6 Å². The predicted octanol–water partition coefficient (Wildman–Crippen LogP) is -11.7. The largest absolute Gasteiger partial charge is 1.00 e. The van der Waals surface area contributed by atoms with Gasteiger partial charge < -0.3 is 24.4 Å². The zero-order valence-electron chi connectivity index (χ0n) is 7.44. The van der Waals surface area contributed by atoms with Gasteiger partial charge in [0.2, 0.25) is 0 Å². The molecule has 0 amide bonds. The number of carboxylic acids is 1. The molecule has 0 atom stereocenters. The van der Waals surface area contributed by atoms with Crippen LogP contribution in [-0.4, -0.2) is 11.1 Å². The second kappa shape index (κ2) is 14.9. The van der Waals surface area contributed by atoms with E-state index in [0.29, 0.717) is 0 Å². The van der Waals surface area contributed by atoms with Crippen molar-refractivity contribution in [2.45, 2.75) is 6.92 Å². The maximum absolute atomic E-state index is 9.00. The molecule has 10 heteroatoms. The first-order chi connectivity index (χ1) is 3.73. The van der Waals surface area contributed by atoms with Gasteiger partial charge in [0, 0.05) is 6.92 Å². The van der Waals surface area contributed by atoms with Gasteiger partial charge in [0.05, 0.1) is 0 Å². The fraction of sp³-hybridized carbons (Fsp3) is 0.500. The van der Waals surface area contributed by atoms with Crippen molar-refractivity contribution in [2.24, 2.45) is 0 Å². The van der Waals surface area contributed by atoms with E-state index in [4.69, 9.17) is 29.1 Å². The summed E-state index contributed by atoms with van der Waals surface area (Å²) in [5.74, 6) is -0.833. The Kier molecular flexibility index (Phi) is 36.2. The number of rotatable bonds is 0. The summed E-state index contributed by atoms with van der Waals surface area (Å²) in [6, 6.07) is 0. The molecule has 0 heterocycles. The van der Waals surface area contributed by atoms with E-state index in [0.717, 1.165) is 6.92 Å². The van der Waals surface area contributed by atoms with Gasteiger partial charge in [-0.25, -0.2) is 0 Å². The van der Waals surface area contributed by atoms with E-state index in [1.165, 1.54) is 0 Å². The van der Waals surface area contributed by atoms with E-state index < -0.39 is 13.8 Å². The van der Waals surface area contributed by atoms with Gasteiger partial charge in [-0.1, -0.05) is 0 Å². The Morgan fingerprint density at radius 3 is 1.17 bits per heavy atom. The van der Waals surface area contributed by atoms with Crippen molar-refractivity contribution in [2.75, 3.05) is 0 Å². The molecule has 0 saturated carbocycles. The first-order valence-electron chi connectivity index (χ1n) is 1.66. The Hall–Kier alpha value is 1.37. The third-order valence-electron chi connectivity index (χ3n) is 0. The number of hydrogen-bond acceptors (Lipinski definition) is 5. The number of carboxylic acid groups (broad SMARTS) is 1. The van der Waals surface area contributed by atoms with Crippen molar-refractivity contribution in [3.8, 4) is 0 Å². The van der Waals surface area contributed by atoms with Gasteiger partial charge in [0.25, 0.3) is 5.97 Å². The topological polar surface area (TPSA) is 124 Å². The van der Waals surface area contributed by atoms with Crippen LogP contribution in [0.2, 0.25) is 0 Å². The Morgan fingerprint density at radius 2 is 1.17 bits per heavy atom. The van der Waals surface area contributed by atoms with Gasteiger partial charge in [-0.05, 0) is 0 Å². The average molecular weight is 176 g/mol. The molecule has 0 saturated heterocycles. The summed E-state index contributed by atoms with van der Waals surface area (Å²) < 4.78 is 8.55. The minimum Gasteiger partial charge on any atom is -0.822 e. The third-order valence-corrected chi connectivity index (χ3v) is 0. The third kappa shape index (κ3) is 650. The minimum absolute atomic E-state index is 0. The van der Waals surface area contributed by atoms with Crippen LogP contribution in [-0.2, 0) is 9.36 Å². The molecule has 6 nitrogen and oxygen atoms in total. The standard InChI is InChI=1S/C2H4O2.3Li.H3O4P/c1-2(3)4;;;;1-5(2,3)4/h1H3,(H,3,4);;;;(H3,1,2,3,4)/q;3*+1;/p-3. The molecule has 0 aliphatic carbocycles. The molecule has 0 radical (unpaired) electrons. The van der Waals surface area contributed by atoms with Gasteiger partial charge >= 0.3 is 56.6 Å². The molecular formula is C2H4Li3O6P. The second-order valence-corrected chi connectivity index (χ2v) is 1.86. The molecule has 0 aromatic rings. The minimum atomic E-state index is -5.39. The summed E-state index contributed by atoms with van der Waals surface area (Å²) in [6.07, 6.45) is 0. The summed E-state index contributed by atoms with van der Waals surface area (Å²) in [5.41, 5.74) is 0. The van der Waals surface area contributed by atoms with E-state index in [1.807, 2.05) is 0 Å². The first-order valence-corrected chi connectivity index (χ1v) is 3.12. The van der Waals surface area contributed by atoms with E-state index in [1.54, 1.807) is 0 Å². The fourth-order valence-corrected chi connectivity index (χ4v) is 0. The van der Waals surface area contributed by atoms with E-state index in [2.05, 4.69) is 0 Å². The number of hydrogen-bond donors (Lipinski definition) is 1. The Morgan fingerprint density at radius 1 is 1.17 bits per heavy atom. The summed E-state index contributed by atoms with van der Waals surface area (Å²) >= 11 is 0. The SMILES string of the molecule is CC(=O)O.O=P([O-])([O-])[O-].[Li+].[Li+].[Li+]. The molecule has 0 aliphatic heterocycles. The van der Waals surface area contributed by atoms with Crippen LogP contribution in [0.1, 0.15) is 6.92 Å². The molecule has 1 N–H and O–H groups in total. The molecule has 0 aromatic heterocycles. The van der Waals surface area contributed by atoms with E-state index >= 15 is 0 Å². The maximum Gasteiger partial charge on any atom is 1.00 e. The molecule has 0 aliphatic rings. The van der Waals surface area contributed by atoms with Crippen molar-refractivity contribution >= 4 is 13.8 Å². The first kappa shape index (κ1) is 29.2. The molecule has 0 unspecified atom stereocenters. The van der Waals surface area contributed by atoms with E-state index in [9.17, 15) is 0 Å². The second-order valence-electron chi connectivity index (χ2n) is 0.966. The van der Waals surface area contributed by atoms with Crippen LogP contribution in [0, 0.1) is 0 Å². The monoisotopic (exact) mass is 176 g/mol. The molecule has 12 heavy (non-hydrogen) atoms. The average Bonchev–Trinajstić information content (AvgIpc) is 1.19. The Labute approximate surface area is 106 Å². The molecule has 56 valence electrons. The van der Waals surface area contributed by atoms with Crippen LogP contribution in [0.5, 0.6) is 0 Å².